The van der Waals surface area contributed by atoms with Gasteiger partial charge >= 0.3 is 0 Å². The van der Waals surface area contributed by atoms with Crippen molar-refractivity contribution in [3.05, 3.63) is 29.8 Å². The highest BCUT2D eigenvalue weighted by Crippen LogP contribution is 2.48. The zero-order valence-corrected chi connectivity index (χ0v) is 15.3. The Bertz CT molecular complexity index is 699. The van der Waals surface area contributed by atoms with Crippen molar-refractivity contribution in [2.24, 2.45) is 17.1 Å². The lowest BCUT2D eigenvalue weighted by atomic mass is 9.92. The van der Waals surface area contributed by atoms with Gasteiger partial charge in [-0.25, -0.2) is 0 Å². The van der Waals surface area contributed by atoms with Gasteiger partial charge in [0.25, 0.3) is 0 Å². The summed E-state index contributed by atoms with van der Waals surface area (Å²) in [5.74, 6) is 0.867. The molecule has 1 aromatic carbocycles. The molecular formula is C20H27N3O3. The van der Waals surface area contributed by atoms with E-state index in [0.717, 1.165) is 44.8 Å². The van der Waals surface area contributed by atoms with Gasteiger partial charge in [-0.1, -0.05) is 12.1 Å². The zero-order chi connectivity index (χ0) is 18.3. The first-order chi connectivity index (χ1) is 12.5. The largest absolute Gasteiger partial charge is 0.497 e. The molecule has 0 spiro atoms. The van der Waals surface area contributed by atoms with Crippen molar-refractivity contribution in [3.8, 4) is 5.75 Å². The van der Waals surface area contributed by atoms with Crippen LogP contribution in [-0.2, 0) is 16.1 Å². The maximum Gasteiger partial charge on any atom is 0.238 e. The van der Waals surface area contributed by atoms with Crippen LogP contribution in [0.15, 0.2) is 24.3 Å². The number of hydrogen-bond donors (Lipinski definition) is 1. The van der Waals surface area contributed by atoms with Gasteiger partial charge in [0, 0.05) is 32.2 Å². The Morgan fingerprint density at radius 3 is 2.50 bits per heavy atom. The minimum atomic E-state index is -0.898. The fourth-order valence-corrected chi connectivity index (χ4v) is 4.51. The van der Waals surface area contributed by atoms with Crippen LogP contribution >= 0.6 is 0 Å². The molecular weight excluding hydrogens is 330 g/mol. The fourth-order valence-electron chi connectivity index (χ4n) is 4.51. The van der Waals surface area contributed by atoms with Crippen LogP contribution in [0.2, 0.25) is 0 Å². The number of carbonyl (C=O) groups excluding carboxylic acids is 2. The number of ether oxygens (including phenoxy) is 1. The van der Waals surface area contributed by atoms with E-state index < -0.39 is 11.3 Å². The van der Waals surface area contributed by atoms with E-state index in [1.165, 1.54) is 5.56 Å². The molecule has 3 saturated heterocycles. The number of fused-ring (bicyclic) bond motifs is 4. The second kappa shape index (κ2) is 6.58. The van der Waals surface area contributed by atoms with E-state index in [-0.39, 0.29) is 11.9 Å². The molecule has 2 N–H and O–H groups in total. The van der Waals surface area contributed by atoms with Crippen LogP contribution in [-0.4, -0.2) is 54.4 Å². The van der Waals surface area contributed by atoms with Gasteiger partial charge in [0.2, 0.25) is 11.8 Å². The zero-order valence-electron chi connectivity index (χ0n) is 15.3. The van der Waals surface area contributed by atoms with Crippen LogP contribution in [0.4, 0.5) is 0 Å². The molecule has 0 unspecified atom stereocenters. The van der Waals surface area contributed by atoms with Gasteiger partial charge in [0.05, 0.1) is 7.11 Å². The molecule has 4 fully saturated rings. The Morgan fingerprint density at radius 2 is 1.88 bits per heavy atom. The second-order valence-electron chi connectivity index (χ2n) is 8.04. The van der Waals surface area contributed by atoms with Crippen LogP contribution in [0.3, 0.4) is 0 Å². The normalized spacial score (nSPS) is 27.0. The molecule has 1 aromatic rings. The number of nitrogens with two attached hydrogens (primary N) is 1. The quantitative estimate of drug-likeness (QED) is 0.808. The Morgan fingerprint density at radius 1 is 1.15 bits per heavy atom. The summed E-state index contributed by atoms with van der Waals surface area (Å²) >= 11 is 0. The fraction of sp³-hybridized carbons (Fsp3) is 0.600. The molecule has 6 nitrogen and oxygen atoms in total. The maximum atomic E-state index is 13.0. The molecule has 2 atom stereocenters. The third-order valence-electron chi connectivity index (χ3n) is 6.25. The van der Waals surface area contributed by atoms with E-state index in [9.17, 15) is 9.59 Å². The van der Waals surface area contributed by atoms with Gasteiger partial charge < -0.3 is 15.4 Å². The molecule has 3 heterocycles. The third kappa shape index (κ3) is 3.07. The van der Waals surface area contributed by atoms with E-state index in [1.54, 1.807) is 7.11 Å². The summed E-state index contributed by atoms with van der Waals surface area (Å²) in [6, 6.07) is 8.36. The van der Waals surface area contributed by atoms with Gasteiger partial charge in [-0.05, 0) is 49.3 Å². The highest BCUT2D eigenvalue weighted by molar-refractivity contribution is 6.07. The minimum Gasteiger partial charge on any atom is -0.497 e. The molecule has 1 aliphatic carbocycles. The van der Waals surface area contributed by atoms with Crippen LogP contribution in [0.25, 0.3) is 0 Å². The smallest absolute Gasteiger partial charge is 0.238 e. The van der Waals surface area contributed by atoms with Gasteiger partial charge in [0.15, 0.2) is 0 Å². The maximum absolute atomic E-state index is 13.0. The standard InChI is InChI=1S/C20H27N3O3/c1-26-17-6-3-14(4-7-17)10-22-11-15-2-5-16(13-22)23(12-15)19(25)20(8-9-20)18(21)24/h3-4,6-7,15-16H,2,5,8-13H2,1H3,(H2,21,24)/t15-,16+/m1/s1. The summed E-state index contributed by atoms with van der Waals surface area (Å²) in [7, 11) is 1.67. The number of amides is 2. The molecule has 26 heavy (non-hydrogen) atoms. The Hall–Kier alpha value is -2.08. The topological polar surface area (TPSA) is 75.9 Å². The van der Waals surface area contributed by atoms with Gasteiger partial charge in [0.1, 0.15) is 11.2 Å². The molecule has 140 valence electrons. The third-order valence-corrected chi connectivity index (χ3v) is 6.25. The van der Waals surface area contributed by atoms with Crippen LogP contribution in [0, 0.1) is 11.3 Å². The van der Waals surface area contributed by atoms with E-state index in [4.69, 9.17) is 10.5 Å². The first-order valence-electron chi connectivity index (χ1n) is 9.48. The Labute approximate surface area is 154 Å². The number of nitrogens with zero attached hydrogens (tertiary/aromatic N) is 2. The second-order valence-corrected chi connectivity index (χ2v) is 8.04. The van der Waals surface area contributed by atoms with E-state index in [0.29, 0.717) is 18.8 Å². The molecule has 4 aliphatic rings. The van der Waals surface area contributed by atoms with Crippen molar-refractivity contribution >= 4 is 11.8 Å². The predicted octanol–water partition coefficient (Wildman–Crippen LogP) is 1.38. The van der Waals surface area contributed by atoms with Gasteiger partial charge in [-0.2, -0.15) is 0 Å². The summed E-state index contributed by atoms with van der Waals surface area (Å²) in [5, 5.41) is 0. The summed E-state index contributed by atoms with van der Waals surface area (Å²) in [4.78, 5) is 29.2. The highest BCUT2D eigenvalue weighted by atomic mass is 16.5. The molecule has 5 rings (SSSR count). The van der Waals surface area contributed by atoms with Crippen molar-refractivity contribution < 1.29 is 14.3 Å². The predicted molar refractivity (Wildman–Crippen MR) is 97.4 cm³/mol. The molecule has 6 heteroatoms. The lowest BCUT2D eigenvalue weighted by molar-refractivity contribution is -0.146. The monoisotopic (exact) mass is 357 g/mol. The molecule has 0 aromatic heterocycles. The highest BCUT2D eigenvalue weighted by Gasteiger charge is 2.58. The molecule has 0 radical (unpaired) electrons. The van der Waals surface area contributed by atoms with Crippen molar-refractivity contribution in [1.29, 1.82) is 0 Å². The van der Waals surface area contributed by atoms with Crippen LogP contribution in [0.5, 0.6) is 5.75 Å². The SMILES string of the molecule is COc1ccc(CN2C[C@H]3CC[C@@H](C2)N(C(=O)C2(C(N)=O)CC2)C3)cc1. The number of hydrogen-bond acceptors (Lipinski definition) is 4. The number of methoxy groups -OCH3 is 1. The number of benzene rings is 1. The number of piperidine rings is 1. The Balaban J connectivity index is 1.46. The van der Waals surface area contributed by atoms with Crippen molar-refractivity contribution in [1.82, 2.24) is 9.80 Å². The van der Waals surface area contributed by atoms with Crippen molar-refractivity contribution in [3.63, 3.8) is 0 Å². The van der Waals surface area contributed by atoms with Crippen LogP contribution < -0.4 is 10.5 Å². The average molecular weight is 357 g/mol. The first kappa shape index (κ1) is 17.3. The minimum absolute atomic E-state index is 0.0222. The molecule has 1 saturated carbocycles. The molecule has 2 amide bonds. The summed E-state index contributed by atoms with van der Waals surface area (Å²) in [6.07, 6.45) is 3.40. The number of carbonyl (C=O) groups is 2. The van der Waals surface area contributed by atoms with E-state index >= 15 is 0 Å². The number of rotatable bonds is 5. The van der Waals surface area contributed by atoms with Gasteiger partial charge in [-0.3, -0.25) is 14.5 Å². The van der Waals surface area contributed by atoms with Gasteiger partial charge in [-0.15, -0.1) is 0 Å². The van der Waals surface area contributed by atoms with Crippen molar-refractivity contribution in [2.45, 2.75) is 38.3 Å². The van der Waals surface area contributed by atoms with E-state index in [2.05, 4.69) is 17.0 Å². The lowest BCUT2D eigenvalue weighted by Gasteiger charge is -2.38. The summed E-state index contributed by atoms with van der Waals surface area (Å²) < 4.78 is 5.23. The number of primary amides is 1. The summed E-state index contributed by atoms with van der Waals surface area (Å²) in [5.41, 5.74) is 5.88. The average Bonchev–Trinajstić information content (AvgIpc) is 3.47. The van der Waals surface area contributed by atoms with E-state index in [1.807, 2.05) is 17.0 Å². The first-order valence-corrected chi connectivity index (χ1v) is 9.48. The Kier molecular flexibility index (Phi) is 4.39. The van der Waals surface area contributed by atoms with Crippen molar-refractivity contribution in [2.75, 3.05) is 26.7 Å². The molecule has 3 aliphatic heterocycles. The lowest BCUT2D eigenvalue weighted by Crippen LogP contribution is -2.52. The van der Waals surface area contributed by atoms with Crippen LogP contribution in [0.1, 0.15) is 31.2 Å². The summed E-state index contributed by atoms with van der Waals surface area (Å²) in [6.45, 7) is 3.50. The molecule has 2 bridgehead atoms.